The zero-order chi connectivity index (χ0) is 33.8. The first-order valence-electron chi connectivity index (χ1n) is 14.7. The van der Waals surface area contributed by atoms with E-state index in [0.29, 0.717) is 5.56 Å². The highest BCUT2D eigenvalue weighted by molar-refractivity contribution is 8.00. The number of hydrogen-bond acceptors (Lipinski definition) is 10. The second kappa shape index (κ2) is 16.9. The quantitative estimate of drug-likeness (QED) is 0.124. The highest BCUT2D eigenvalue weighted by Gasteiger charge is 2.46. The Morgan fingerprint density at radius 1 is 1.17 bits per heavy atom. The van der Waals surface area contributed by atoms with Crippen molar-refractivity contribution in [3.8, 4) is 6.07 Å². The third-order valence-electron chi connectivity index (χ3n) is 7.11. The molecule has 248 valence electrons. The van der Waals surface area contributed by atoms with Crippen LogP contribution >= 0.6 is 11.8 Å². The van der Waals surface area contributed by atoms with Gasteiger partial charge in [0, 0.05) is 35.8 Å². The van der Waals surface area contributed by atoms with Gasteiger partial charge in [-0.1, -0.05) is 24.3 Å². The Kier molecular flexibility index (Phi) is 12.7. The van der Waals surface area contributed by atoms with Gasteiger partial charge >= 0.3 is 11.9 Å². The standard InChI is InChI=1S/C33H33F3N4O6S/c1-22(47-27-17-44-32(45-18-27)8-4-3-6-25-10-9-24(16-37)14-29(25)35)33(19-40-21-38-20-39-40,28-12-11-26(34)15-30(28)36)46-31(42)7-5-13-43-23(2)41/h3-4,6,8-12,14-15,20-22,27,32H,5,7,13,17-19H2,1-2H3/b6-3+,8-4+/t22-,27-,32-,33-/m1/s1. The lowest BCUT2D eigenvalue weighted by Gasteiger charge is -2.40. The SMILES string of the molecule is CC(=O)OCCCC(=O)O[C@@](Cn1cncn1)(c1ccc(F)cc1F)[C@@H](C)S[C@H]1CO[C@H](/C=C/C=C/c2ccc(C#N)cc2F)OC1. The molecule has 0 aliphatic carbocycles. The van der Waals surface area contributed by atoms with Crippen molar-refractivity contribution in [1.29, 1.82) is 5.26 Å². The summed E-state index contributed by atoms with van der Waals surface area (Å²) in [4.78, 5) is 28.2. The lowest BCUT2D eigenvalue weighted by atomic mass is 9.89. The number of ether oxygens (including phenoxy) is 4. The molecule has 3 aromatic rings. The molecule has 2 heterocycles. The Labute approximate surface area is 274 Å². The monoisotopic (exact) mass is 670 g/mol. The fourth-order valence-electron chi connectivity index (χ4n) is 4.81. The van der Waals surface area contributed by atoms with Crippen LogP contribution in [-0.2, 0) is 40.7 Å². The van der Waals surface area contributed by atoms with E-state index >= 15 is 4.39 Å². The van der Waals surface area contributed by atoms with Crippen LogP contribution in [0.15, 0.2) is 67.3 Å². The lowest BCUT2D eigenvalue weighted by molar-refractivity contribution is -0.164. The third-order valence-corrected chi connectivity index (χ3v) is 8.55. The van der Waals surface area contributed by atoms with Crippen LogP contribution < -0.4 is 0 Å². The van der Waals surface area contributed by atoms with E-state index in [2.05, 4.69) is 10.1 Å². The summed E-state index contributed by atoms with van der Waals surface area (Å²) in [5.74, 6) is -3.37. The number of rotatable bonds is 14. The van der Waals surface area contributed by atoms with E-state index in [1.165, 1.54) is 54.2 Å². The van der Waals surface area contributed by atoms with Crippen LogP contribution in [0.25, 0.3) is 6.08 Å². The van der Waals surface area contributed by atoms with Gasteiger partial charge in [0.2, 0.25) is 0 Å². The zero-order valence-corrected chi connectivity index (χ0v) is 26.5. The maximum absolute atomic E-state index is 15.5. The first-order chi connectivity index (χ1) is 22.6. The average Bonchev–Trinajstić information content (AvgIpc) is 3.55. The number of nitriles is 1. The summed E-state index contributed by atoms with van der Waals surface area (Å²) in [6, 6.07) is 9.15. The van der Waals surface area contributed by atoms with Crippen molar-refractivity contribution < 1.29 is 41.7 Å². The Hall–Kier alpha value is -4.45. The lowest BCUT2D eigenvalue weighted by Crippen LogP contribution is -2.47. The van der Waals surface area contributed by atoms with E-state index in [-0.39, 0.29) is 55.6 Å². The van der Waals surface area contributed by atoms with Gasteiger partial charge in [-0.15, -0.1) is 11.8 Å². The molecule has 1 saturated heterocycles. The fourth-order valence-corrected chi connectivity index (χ4v) is 6.17. The smallest absolute Gasteiger partial charge is 0.306 e. The number of hydrogen-bond donors (Lipinski definition) is 0. The average molecular weight is 671 g/mol. The third kappa shape index (κ3) is 10.0. The molecule has 0 spiro atoms. The number of esters is 2. The molecule has 0 amide bonds. The van der Waals surface area contributed by atoms with Crippen LogP contribution in [0.2, 0.25) is 0 Å². The van der Waals surface area contributed by atoms with Crippen LogP contribution in [0.4, 0.5) is 13.2 Å². The molecule has 4 rings (SSSR count). The van der Waals surface area contributed by atoms with Crippen LogP contribution in [0, 0.1) is 28.8 Å². The minimum Gasteiger partial charge on any atom is -0.466 e. The van der Waals surface area contributed by atoms with Crippen molar-refractivity contribution in [1.82, 2.24) is 14.8 Å². The van der Waals surface area contributed by atoms with Crippen molar-refractivity contribution in [2.24, 2.45) is 0 Å². The fraction of sp³-hybridized carbons (Fsp3) is 0.364. The molecule has 2 atom stereocenters. The Morgan fingerprint density at radius 3 is 2.62 bits per heavy atom. The van der Waals surface area contributed by atoms with Crippen LogP contribution in [0.1, 0.15) is 43.4 Å². The van der Waals surface area contributed by atoms with Gasteiger partial charge < -0.3 is 18.9 Å². The van der Waals surface area contributed by atoms with E-state index in [1.807, 2.05) is 6.07 Å². The Bertz CT molecular complexity index is 1620. The molecule has 10 nitrogen and oxygen atoms in total. The topological polar surface area (TPSA) is 126 Å². The van der Waals surface area contributed by atoms with Crippen molar-refractivity contribution in [2.45, 2.75) is 55.6 Å². The Balaban J connectivity index is 1.47. The zero-order valence-electron chi connectivity index (χ0n) is 25.7. The maximum atomic E-state index is 15.5. The summed E-state index contributed by atoms with van der Waals surface area (Å²) in [6.07, 6.45) is 8.55. The molecular formula is C33H33F3N4O6S. The molecule has 1 aromatic heterocycles. The van der Waals surface area contributed by atoms with Gasteiger partial charge in [0.25, 0.3) is 0 Å². The normalized spacial score (nSPS) is 18.5. The molecule has 2 aromatic carbocycles. The van der Waals surface area contributed by atoms with Gasteiger partial charge in [-0.25, -0.2) is 22.8 Å². The number of aromatic nitrogens is 3. The molecule has 14 heteroatoms. The number of carbonyl (C=O) groups excluding carboxylic acids is 2. The van der Waals surface area contributed by atoms with Crippen molar-refractivity contribution in [3.05, 3.63) is 101 Å². The summed E-state index contributed by atoms with van der Waals surface area (Å²) in [7, 11) is 0. The second-order valence-electron chi connectivity index (χ2n) is 10.6. The van der Waals surface area contributed by atoms with Crippen molar-refractivity contribution in [3.63, 3.8) is 0 Å². The highest BCUT2D eigenvalue weighted by Crippen LogP contribution is 2.42. The minimum absolute atomic E-state index is 0.00417. The molecule has 0 N–H and O–H groups in total. The van der Waals surface area contributed by atoms with Crippen molar-refractivity contribution in [2.75, 3.05) is 19.8 Å². The highest BCUT2D eigenvalue weighted by atomic mass is 32.2. The minimum atomic E-state index is -1.67. The van der Waals surface area contributed by atoms with Gasteiger partial charge in [-0.05, 0) is 43.7 Å². The van der Waals surface area contributed by atoms with Gasteiger partial charge in [-0.2, -0.15) is 10.4 Å². The van der Waals surface area contributed by atoms with E-state index in [0.717, 1.165) is 18.2 Å². The van der Waals surface area contributed by atoms with E-state index < -0.39 is 46.5 Å². The van der Waals surface area contributed by atoms with E-state index in [4.69, 9.17) is 24.2 Å². The molecule has 1 aliphatic heterocycles. The number of carbonyl (C=O) groups is 2. The second-order valence-corrected chi connectivity index (χ2v) is 12.2. The van der Waals surface area contributed by atoms with E-state index in [9.17, 15) is 18.4 Å². The first kappa shape index (κ1) is 35.4. The predicted molar refractivity (Wildman–Crippen MR) is 166 cm³/mol. The number of thioether (sulfide) groups is 1. The van der Waals surface area contributed by atoms with Crippen LogP contribution in [0.3, 0.4) is 0 Å². The van der Waals surface area contributed by atoms with Crippen LogP contribution in [0.5, 0.6) is 0 Å². The van der Waals surface area contributed by atoms with Crippen LogP contribution in [-0.4, -0.2) is 63.3 Å². The number of benzene rings is 2. The van der Waals surface area contributed by atoms with Crippen molar-refractivity contribution >= 4 is 29.8 Å². The number of halogens is 3. The van der Waals surface area contributed by atoms with Gasteiger partial charge in [0.05, 0.1) is 43.2 Å². The predicted octanol–water partition coefficient (Wildman–Crippen LogP) is 5.48. The summed E-state index contributed by atoms with van der Waals surface area (Å²) in [5, 5.41) is 12.1. The molecule has 0 bridgehead atoms. The van der Waals surface area contributed by atoms with Gasteiger partial charge in [0.15, 0.2) is 11.9 Å². The number of nitrogens with zero attached hydrogens (tertiary/aromatic N) is 4. The first-order valence-corrected chi connectivity index (χ1v) is 15.6. The maximum Gasteiger partial charge on any atom is 0.306 e. The summed E-state index contributed by atoms with van der Waals surface area (Å²) >= 11 is 1.34. The molecule has 1 fully saturated rings. The molecule has 0 saturated carbocycles. The number of allylic oxidation sites excluding steroid dienone is 2. The summed E-state index contributed by atoms with van der Waals surface area (Å²) in [6.45, 7) is 3.36. The molecule has 47 heavy (non-hydrogen) atoms. The molecule has 0 radical (unpaired) electrons. The summed E-state index contributed by atoms with van der Waals surface area (Å²) < 4.78 is 67.7. The Morgan fingerprint density at radius 2 is 1.96 bits per heavy atom. The van der Waals surface area contributed by atoms with Gasteiger partial charge in [0.1, 0.15) is 30.1 Å². The largest absolute Gasteiger partial charge is 0.466 e. The summed E-state index contributed by atoms with van der Waals surface area (Å²) in [5.41, 5.74) is -1.17. The molecule has 1 aliphatic rings. The van der Waals surface area contributed by atoms with Gasteiger partial charge in [-0.3, -0.25) is 9.59 Å². The molecular weight excluding hydrogens is 637 g/mol. The van der Waals surface area contributed by atoms with E-state index in [1.54, 1.807) is 31.2 Å². The molecule has 0 unspecified atom stereocenters.